The van der Waals surface area contributed by atoms with Crippen LogP contribution in [0.2, 0.25) is 0 Å². The zero-order valence-electron chi connectivity index (χ0n) is 7.35. The van der Waals surface area contributed by atoms with Gasteiger partial charge in [-0.05, 0) is 12.8 Å². The molecule has 0 bridgehead atoms. The average Bonchev–Trinajstić information content (AvgIpc) is 2.11. The maximum absolute atomic E-state index is 10.8. The number of ether oxygens (including phenoxy) is 1. The Morgan fingerprint density at radius 1 is 1.38 bits per heavy atom. The van der Waals surface area contributed by atoms with E-state index in [2.05, 4.69) is 6.58 Å². The normalized spacial score (nSPS) is 33.8. The number of carbonyl (C=O) groups is 1. The largest absolute Gasteiger partial charge is 0.459 e. The van der Waals surface area contributed by atoms with Crippen molar-refractivity contribution in [2.45, 2.75) is 37.6 Å². The Morgan fingerprint density at radius 3 is 2.62 bits per heavy atom. The molecule has 0 radical (unpaired) electrons. The molecule has 0 spiro atoms. The van der Waals surface area contributed by atoms with Gasteiger partial charge in [0.05, 0.1) is 12.2 Å². The van der Waals surface area contributed by atoms with Gasteiger partial charge in [0, 0.05) is 12.5 Å². The van der Waals surface area contributed by atoms with Gasteiger partial charge in [-0.2, -0.15) is 0 Å². The number of aliphatic hydroxyl groups excluding tert-OH is 2. The molecule has 3 atom stereocenters. The first kappa shape index (κ1) is 10.2. The lowest BCUT2D eigenvalue weighted by molar-refractivity contribution is -0.149. The van der Waals surface area contributed by atoms with Crippen LogP contribution >= 0.6 is 0 Å². The summed E-state index contributed by atoms with van der Waals surface area (Å²) >= 11 is 0. The molecule has 1 aliphatic rings. The Labute approximate surface area is 76.8 Å². The molecular formula is C9H14O4. The minimum atomic E-state index is -0.781. The first-order valence-electron chi connectivity index (χ1n) is 4.32. The predicted molar refractivity (Wildman–Crippen MR) is 45.9 cm³/mol. The fourth-order valence-corrected chi connectivity index (χ4v) is 1.41. The van der Waals surface area contributed by atoms with Crippen LogP contribution in [0.15, 0.2) is 12.7 Å². The maximum Gasteiger partial charge on any atom is 0.330 e. The summed E-state index contributed by atoms with van der Waals surface area (Å²) in [6.45, 7) is 3.27. The molecule has 4 heteroatoms. The highest BCUT2D eigenvalue weighted by Gasteiger charge is 2.29. The van der Waals surface area contributed by atoms with Crippen molar-refractivity contribution in [2.75, 3.05) is 0 Å². The summed E-state index contributed by atoms with van der Waals surface area (Å²) < 4.78 is 4.93. The van der Waals surface area contributed by atoms with Crippen molar-refractivity contribution in [1.82, 2.24) is 0 Å². The zero-order chi connectivity index (χ0) is 9.84. The summed E-state index contributed by atoms with van der Waals surface area (Å²) in [5.74, 6) is -0.478. The van der Waals surface area contributed by atoms with Gasteiger partial charge in [0.1, 0.15) is 6.10 Å². The third kappa shape index (κ3) is 2.82. The van der Waals surface area contributed by atoms with E-state index in [1.54, 1.807) is 0 Å². The Balaban J connectivity index is 2.37. The van der Waals surface area contributed by atoms with Gasteiger partial charge < -0.3 is 14.9 Å². The lowest BCUT2D eigenvalue weighted by atomic mass is 9.92. The molecule has 13 heavy (non-hydrogen) atoms. The number of aliphatic hydroxyl groups is 2. The first-order chi connectivity index (χ1) is 6.13. The fourth-order valence-electron chi connectivity index (χ4n) is 1.41. The van der Waals surface area contributed by atoms with Crippen LogP contribution in [0.5, 0.6) is 0 Å². The second kappa shape index (κ2) is 4.39. The second-order valence-electron chi connectivity index (χ2n) is 3.21. The molecule has 4 nitrogen and oxygen atoms in total. The summed E-state index contributed by atoms with van der Waals surface area (Å²) in [5.41, 5.74) is 0. The van der Waals surface area contributed by atoms with Crippen molar-refractivity contribution in [3.8, 4) is 0 Å². The van der Waals surface area contributed by atoms with E-state index in [1.807, 2.05) is 0 Å². The Hall–Kier alpha value is -0.870. The number of esters is 1. The van der Waals surface area contributed by atoms with E-state index in [0.29, 0.717) is 19.3 Å². The van der Waals surface area contributed by atoms with Crippen LogP contribution in [0.1, 0.15) is 19.3 Å². The van der Waals surface area contributed by atoms with E-state index in [-0.39, 0.29) is 6.10 Å². The van der Waals surface area contributed by atoms with Gasteiger partial charge in [0.15, 0.2) is 0 Å². The molecule has 2 N–H and O–H groups in total. The second-order valence-corrected chi connectivity index (χ2v) is 3.21. The van der Waals surface area contributed by atoms with Crippen molar-refractivity contribution in [2.24, 2.45) is 0 Å². The monoisotopic (exact) mass is 186 g/mol. The van der Waals surface area contributed by atoms with E-state index in [1.165, 1.54) is 0 Å². The topological polar surface area (TPSA) is 66.8 Å². The Bertz CT molecular complexity index is 202. The lowest BCUT2D eigenvalue weighted by Gasteiger charge is -2.29. The van der Waals surface area contributed by atoms with Crippen LogP contribution in [-0.2, 0) is 9.53 Å². The Morgan fingerprint density at radius 2 is 2.08 bits per heavy atom. The molecule has 1 aliphatic carbocycles. The van der Waals surface area contributed by atoms with E-state index < -0.39 is 18.2 Å². The van der Waals surface area contributed by atoms with Crippen LogP contribution in [-0.4, -0.2) is 34.5 Å². The number of hydrogen-bond donors (Lipinski definition) is 2. The first-order valence-corrected chi connectivity index (χ1v) is 4.32. The highest BCUT2D eigenvalue weighted by atomic mass is 16.5. The molecular weight excluding hydrogens is 172 g/mol. The van der Waals surface area contributed by atoms with Crippen LogP contribution in [0.3, 0.4) is 0 Å². The summed E-state index contributed by atoms with van der Waals surface area (Å²) in [7, 11) is 0. The molecule has 0 aromatic carbocycles. The molecule has 1 fully saturated rings. The van der Waals surface area contributed by atoms with Crippen molar-refractivity contribution in [3.63, 3.8) is 0 Å². The van der Waals surface area contributed by atoms with Crippen molar-refractivity contribution >= 4 is 5.97 Å². The summed E-state index contributed by atoms with van der Waals surface area (Å²) in [6.07, 6.45) is 0.714. The SMILES string of the molecule is C=CC(=O)OC1CCC(O)C(O)C1. The van der Waals surface area contributed by atoms with Crippen LogP contribution < -0.4 is 0 Å². The van der Waals surface area contributed by atoms with Crippen molar-refractivity contribution in [3.05, 3.63) is 12.7 Å². The third-order valence-electron chi connectivity index (χ3n) is 2.18. The number of hydrogen-bond acceptors (Lipinski definition) is 4. The van der Waals surface area contributed by atoms with Gasteiger partial charge in [-0.25, -0.2) is 4.79 Å². The van der Waals surface area contributed by atoms with E-state index >= 15 is 0 Å². The molecule has 0 saturated heterocycles. The van der Waals surface area contributed by atoms with Gasteiger partial charge in [-0.3, -0.25) is 0 Å². The van der Waals surface area contributed by atoms with Crippen molar-refractivity contribution < 1.29 is 19.7 Å². The van der Waals surface area contributed by atoms with E-state index in [0.717, 1.165) is 6.08 Å². The molecule has 74 valence electrons. The third-order valence-corrected chi connectivity index (χ3v) is 2.18. The molecule has 0 aliphatic heterocycles. The van der Waals surface area contributed by atoms with Gasteiger partial charge >= 0.3 is 5.97 Å². The summed E-state index contributed by atoms with van der Waals surface area (Å²) in [6, 6.07) is 0. The highest BCUT2D eigenvalue weighted by molar-refractivity contribution is 5.81. The molecule has 0 aromatic heterocycles. The maximum atomic E-state index is 10.8. The average molecular weight is 186 g/mol. The standard InChI is InChI=1S/C9H14O4/c1-2-9(12)13-6-3-4-7(10)8(11)5-6/h2,6-8,10-11H,1,3-5H2. The Kier molecular flexibility index (Phi) is 3.45. The molecule has 0 amide bonds. The van der Waals surface area contributed by atoms with E-state index in [4.69, 9.17) is 4.74 Å². The molecule has 1 saturated carbocycles. The van der Waals surface area contributed by atoms with Crippen LogP contribution in [0.25, 0.3) is 0 Å². The van der Waals surface area contributed by atoms with Crippen LogP contribution in [0.4, 0.5) is 0 Å². The predicted octanol–water partition coefficient (Wildman–Crippen LogP) is -0.0101. The number of carbonyl (C=O) groups excluding carboxylic acids is 1. The lowest BCUT2D eigenvalue weighted by Crippen LogP contribution is -2.37. The minimum Gasteiger partial charge on any atom is -0.459 e. The minimum absolute atomic E-state index is 0.288. The molecule has 0 heterocycles. The number of rotatable bonds is 2. The van der Waals surface area contributed by atoms with Crippen molar-refractivity contribution in [1.29, 1.82) is 0 Å². The summed E-state index contributed by atoms with van der Waals surface area (Å²) in [4.78, 5) is 10.8. The molecule has 1 rings (SSSR count). The highest BCUT2D eigenvalue weighted by Crippen LogP contribution is 2.21. The van der Waals surface area contributed by atoms with Gasteiger partial charge in [0.2, 0.25) is 0 Å². The fraction of sp³-hybridized carbons (Fsp3) is 0.667. The smallest absolute Gasteiger partial charge is 0.330 e. The van der Waals surface area contributed by atoms with E-state index in [9.17, 15) is 15.0 Å². The molecule has 0 aromatic rings. The molecule has 3 unspecified atom stereocenters. The van der Waals surface area contributed by atoms with Crippen LogP contribution in [0, 0.1) is 0 Å². The quantitative estimate of drug-likeness (QED) is 0.470. The van der Waals surface area contributed by atoms with Gasteiger partial charge in [-0.1, -0.05) is 6.58 Å². The zero-order valence-corrected chi connectivity index (χ0v) is 7.35. The summed E-state index contributed by atoms with van der Waals surface area (Å²) in [5, 5.41) is 18.4. The van der Waals surface area contributed by atoms with Gasteiger partial charge in [0.25, 0.3) is 0 Å². The van der Waals surface area contributed by atoms with Gasteiger partial charge in [-0.15, -0.1) is 0 Å².